The average Bonchev–Trinajstić information content (AvgIpc) is 2.36. The van der Waals surface area contributed by atoms with Gasteiger partial charge >= 0.3 is 5.97 Å². The van der Waals surface area contributed by atoms with Crippen molar-refractivity contribution in [2.45, 2.75) is 65.4 Å². The summed E-state index contributed by atoms with van der Waals surface area (Å²) >= 11 is 0. The Morgan fingerprint density at radius 2 is 1.95 bits per heavy atom. The van der Waals surface area contributed by atoms with E-state index in [1.165, 1.54) is 31.3 Å². The zero-order chi connectivity index (χ0) is 13.8. The van der Waals surface area contributed by atoms with Crippen molar-refractivity contribution in [1.82, 2.24) is 0 Å². The van der Waals surface area contributed by atoms with Crippen LogP contribution in [-0.4, -0.2) is 11.6 Å². The topological polar surface area (TPSA) is 26.3 Å². The molecule has 0 aromatic heterocycles. The SMILES string of the molecule is CCC(C)C(=O)OC(C)(C)C1=C2C3CC(C1)CC2C3. The molecule has 0 amide bonds. The van der Waals surface area contributed by atoms with Gasteiger partial charge in [0.1, 0.15) is 5.60 Å². The fraction of sp³-hybridized carbons (Fsp3) is 0.824. The van der Waals surface area contributed by atoms with Crippen molar-refractivity contribution in [3.05, 3.63) is 11.1 Å². The Morgan fingerprint density at radius 1 is 1.32 bits per heavy atom. The second-order valence-electron chi connectivity index (χ2n) is 7.35. The maximum atomic E-state index is 12.1. The molecule has 0 aromatic carbocycles. The van der Waals surface area contributed by atoms with Crippen molar-refractivity contribution in [2.75, 3.05) is 0 Å². The van der Waals surface area contributed by atoms with Gasteiger partial charge in [0.25, 0.3) is 0 Å². The van der Waals surface area contributed by atoms with Crippen molar-refractivity contribution in [1.29, 1.82) is 0 Å². The molecule has 4 bridgehead atoms. The Bertz CT molecular complexity index is 419. The molecule has 0 aliphatic heterocycles. The van der Waals surface area contributed by atoms with Crippen molar-refractivity contribution in [3.63, 3.8) is 0 Å². The summed E-state index contributed by atoms with van der Waals surface area (Å²) in [4.78, 5) is 12.1. The molecule has 2 nitrogen and oxygen atoms in total. The molecule has 5 aliphatic rings. The highest BCUT2D eigenvalue weighted by Gasteiger charge is 2.51. The molecule has 5 rings (SSSR count). The number of ether oxygens (including phenoxy) is 1. The molecule has 106 valence electrons. The molecule has 0 heterocycles. The van der Waals surface area contributed by atoms with E-state index in [0.717, 1.165) is 24.2 Å². The van der Waals surface area contributed by atoms with Crippen molar-refractivity contribution in [3.8, 4) is 0 Å². The quantitative estimate of drug-likeness (QED) is 0.563. The number of carbonyl (C=O) groups is 1. The van der Waals surface area contributed by atoms with Gasteiger partial charge in [-0.1, -0.05) is 19.4 Å². The van der Waals surface area contributed by atoms with Gasteiger partial charge in [-0.2, -0.15) is 0 Å². The van der Waals surface area contributed by atoms with E-state index in [9.17, 15) is 4.79 Å². The first-order valence-electron chi connectivity index (χ1n) is 7.88. The van der Waals surface area contributed by atoms with E-state index < -0.39 is 0 Å². The van der Waals surface area contributed by atoms with Crippen LogP contribution in [0.2, 0.25) is 0 Å². The number of esters is 1. The van der Waals surface area contributed by atoms with Gasteiger partial charge in [0.15, 0.2) is 0 Å². The van der Waals surface area contributed by atoms with Crippen LogP contribution < -0.4 is 0 Å². The highest BCUT2D eigenvalue weighted by atomic mass is 16.6. The molecule has 3 saturated carbocycles. The van der Waals surface area contributed by atoms with Gasteiger partial charge in [-0.25, -0.2) is 0 Å². The standard InChI is InChI=1S/C17H26O2/c1-5-10(2)16(18)19-17(3,4)14-8-11-6-12-9-13(7-11)15(12)14/h10-13H,5-9H2,1-4H3. The lowest BCUT2D eigenvalue weighted by Gasteiger charge is -2.56. The molecule has 3 fully saturated rings. The highest BCUT2D eigenvalue weighted by Crippen LogP contribution is 2.61. The predicted octanol–water partition coefficient (Wildman–Crippen LogP) is 4.10. The zero-order valence-corrected chi connectivity index (χ0v) is 12.7. The van der Waals surface area contributed by atoms with Crippen LogP contribution in [0.3, 0.4) is 0 Å². The number of hydrogen-bond donors (Lipinski definition) is 0. The van der Waals surface area contributed by atoms with Crippen LogP contribution in [0.25, 0.3) is 0 Å². The number of rotatable bonds is 4. The number of carbonyl (C=O) groups excluding carboxylic acids is 1. The molecule has 0 aromatic rings. The Hall–Kier alpha value is -0.790. The fourth-order valence-corrected chi connectivity index (χ4v) is 4.36. The largest absolute Gasteiger partial charge is 0.455 e. The lowest BCUT2D eigenvalue weighted by molar-refractivity contribution is -0.158. The number of allylic oxidation sites excluding steroid dienone is 1. The zero-order valence-electron chi connectivity index (χ0n) is 12.7. The Morgan fingerprint density at radius 3 is 2.47 bits per heavy atom. The van der Waals surface area contributed by atoms with E-state index in [1.807, 2.05) is 13.8 Å². The molecule has 5 aliphatic carbocycles. The van der Waals surface area contributed by atoms with Crippen LogP contribution >= 0.6 is 0 Å². The van der Waals surface area contributed by atoms with E-state index in [2.05, 4.69) is 13.8 Å². The first-order chi connectivity index (χ1) is 8.92. The van der Waals surface area contributed by atoms with Crippen molar-refractivity contribution in [2.24, 2.45) is 23.7 Å². The summed E-state index contributed by atoms with van der Waals surface area (Å²) in [6, 6.07) is 0. The van der Waals surface area contributed by atoms with Gasteiger partial charge in [-0.05, 0) is 69.3 Å². The molecular weight excluding hydrogens is 236 g/mol. The molecule has 0 saturated heterocycles. The normalized spacial score (nSPS) is 34.0. The van der Waals surface area contributed by atoms with E-state index in [4.69, 9.17) is 4.74 Å². The number of fused-ring (bicyclic) bond motifs is 1. The van der Waals surface area contributed by atoms with Gasteiger partial charge in [0.2, 0.25) is 0 Å². The fourth-order valence-electron chi connectivity index (χ4n) is 4.36. The maximum Gasteiger partial charge on any atom is 0.309 e. The van der Waals surface area contributed by atoms with E-state index in [1.54, 1.807) is 5.57 Å². The second-order valence-corrected chi connectivity index (χ2v) is 7.35. The van der Waals surface area contributed by atoms with Gasteiger partial charge in [-0.3, -0.25) is 4.79 Å². The van der Waals surface area contributed by atoms with Crippen LogP contribution in [-0.2, 0) is 9.53 Å². The minimum Gasteiger partial charge on any atom is -0.455 e. The summed E-state index contributed by atoms with van der Waals surface area (Å²) in [5.74, 6) is 2.50. The van der Waals surface area contributed by atoms with E-state index >= 15 is 0 Å². The third-order valence-electron chi connectivity index (χ3n) is 5.62. The summed E-state index contributed by atoms with van der Waals surface area (Å²) in [5, 5.41) is 0. The van der Waals surface area contributed by atoms with E-state index in [0.29, 0.717) is 0 Å². The summed E-state index contributed by atoms with van der Waals surface area (Å²) in [6.45, 7) is 8.19. The van der Waals surface area contributed by atoms with Crippen LogP contribution in [0, 0.1) is 23.7 Å². The third-order valence-corrected chi connectivity index (χ3v) is 5.62. The summed E-state index contributed by atoms with van der Waals surface area (Å²) in [6.07, 6.45) is 6.21. The summed E-state index contributed by atoms with van der Waals surface area (Å²) < 4.78 is 5.85. The third kappa shape index (κ3) is 2.04. The van der Waals surface area contributed by atoms with Gasteiger partial charge < -0.3 is 4.74 Å². The van der Waals surface area contributed by atoms with Crippen molar-refractivity contribution >= 4 is 5.97 Å². The summed E-state index contributed by atoms with van der Waals surface area (Å²) in [7, 11) is 0. The van der Waals surface area contributed by atoms with Crippen LogP contribution in [0.5, 0.6) is 0 Å². The highest BCUT2D eigenvalue weighted by molar-refractivity contribution is 5.72. The molecule has 3 unspecified atom stereocenters. The lowest BCUT2D eigenvalue weighted by Crippen LogP contribution is -2.47. The number of hydrogen-bond acceptors (Lipinski definition) is 2. The Labute approximate surface area is 116 Å². The smallest absolute Gasteiger partial charge is 0.309 e. The van der Waals surface area contributed by atoms with E-state index in [-0.39, 0.29) is 17.5 Å². The lowest BCUT2D eigenvalue weighted by atomic mass is 9.50. The molecule has 2 heteroatoms. The van der Waals surface area contributed by atoms with Gasteiger partial charge in [-0.15, -0.1) is 0 Å². The minimum absolute atomic E-state index is 0.0141. The maximum absolute atomic E-state index is 12.1. The molecule has 0 N–H and O–H groups in total. The predicted molar refractivity (Wildman–Crippen MR) is 75.6 cm³/mol. The van der Waals surface area contributed by atoms with Gasteiger partial charge in [0, 0.05) is 0 Å². The average molecular weight is 262 g/mol. The molecule has 19 heavy (non-hydrogen) atoms. The molecule has 0 radical (unpaired) electrons. The monoisotopic (exact) mass is 262 g/mol. The first kappa shape index (κ1) is 13.2. The second kappa shape index (κ2) is 4.36. The van der Waals surface area contributed by atoms with Crippen molar-refractivity contribution < 1.29 is 9.53 Å². The first-order valence-corrected chi connectivity index (χ1v) is 7.88. The Kier molecular flexibility index (Phi) is 3.03. The molecule has 0 spiro atoms. The molecule has 3 atom stereocenters. The minimum atomic E-state index is -0.383. The van der Waals surface area contributed by atoms with Crippen LogP contribution in [0.1, 0.15) is 59.8 Å². The van der Waals surface area contributed by atoms with Gasteiger partial charge in [0.05, 0.1) is 5.92 Å². The molecular formula is C17H26O2. The van der Waals surface area contributed by atoms with Crippen LogP contribution in [0.4, 0.5) is 0 Å². The Balaban J connectivity index is 1.80. The summed E-state index contributed by atoms with van der Waals surface area (Å²) in [5.41, 5.74) is 2.75. The van der Waals surface area contributed by atoms with Crippen LogP contribution in [0.15, 0.2) is 11.1 Å².